The van der Waals surface area contributed by atoms with Crippen LogP contribution in [0.1, 0.15) is 5.56 Å². The van der Waals surface area contributed by atoms with E-state index < -0.39 is 11.6 Å². The molecular weight excluding hydrogens is 224 g/mol. The molecule has 1 aliphatic rings. The van der Waals surface area contributed by atoms with Gasteiger partial charge in [-0.25, -0.2) is 8.78 Å². The maximum atomic E-state index is 13.0. The summed E-state index contributed by atoms with van der Waals surface area (Å²) in [6, 6.07) is 3.40. The van der Waals surface area contributed by atoms with Crippen LogP contribution in [0, 0.1) is 11.6 Å². The summed E-state index contributed by atoms with van der Waals surface area (Å²) in [5.74, 6) is -1.05. The largest absolute Gasteiger partial charge is 0.508 e. The van der Waals surface area contributed by atoms with Gasteiger partial charge < -0.3 is 10.0 Å². The Morgan fingerprint density at radius 3 is 2.47 bits per heavy atom. The lowest BCUT2D eigenvalue weighted by atomic mass is 10.2. The molecule has 1 N–H and O–H groups in total. The van der Waals surface area contributed by atoms with Gasteiger partial charge in [0.1, 0.15) is 17.4 Å². The fraction of sp³-hybridized carbons (Fsp3) is 0.0769. The van der Waals surface area contributed by atoms with E-state index in [1.807, 2.05) is 0 Å². The summed E-state index contributed by atoms with van der Waals surface area (Å²) < 4.78 is 26.0. The molecule has 0 saturated heterocycles. The molecule has 0 unspecified atom stereocenters. The Morgan fingerprint density at radius 2 is 1.76 bits per heavy atom. The Hall–Kier alpha value is -2.10. The first-order chi connectivity index (χ1) is 8.13. The zero-order valence-corrected chi connectivity index (χ0v) is 8.98. The van der Waals surface area contributed by atoms with Crippen molar-refractivity contribution in [2.24, 2.45) is 0 Å². The normalized spacial score (nSPS) is 14.7. The average molecular weight is 235 g/mol. The van der Waals surface area contributed by atoms with Crippen molar-refractivity contribution in [2.75, 3.05) is 0 Å². The molecule has 1 heterocycles. The van der Waals surface area contributed by atoms with Gasteiger partial charge in [-0.15, -0.1) is 0 Å². The third-order valence-corrected chi connectivity index (χ3v) is 2.27. The molecule has 17 heavy (non-hydrogen) atoms. The van der Waals surface area contributed by atoms with Gasteiger partial charge in [0.25, 0.3) is 0 Å². The molecule has 0 fully saturated rings. The molecule has 2 nitrogen and oxygen atoms in total. The van der Waals surface area contributed by atoms with Crippen molar-refractivity contribution in [3.63, 3.8) is 0 Å². The molecule has 0 bridgehead atoms. The van der Waals surface area contributed by atoms with E-state index in [9.17, 15) is 13.9 Å². The van der Waals surface area contributed by atoms with Gasteiger partial charge in [-0.1, -0.05) is 0 Å². The van der Waals surface area contributed by atoms with Crippen LogP contribution in [0.5, 0.6) is 0 Å². The Morgan fingerprint density at radius 1 is 1.06 bits per heavy atom. The molecule has 0 saturated carbocycles. The number of rotatable bonds is 2. The molecule has 1 aromatic rings. The second kappa shape index (κ2) is 4.82. The van der Waals surface area contributed by atoms with Crippen molar-refractivity contribution in [1.29, 1.82) is 0 Å². The summed E-state index contributed by atoms with van der Waals surface area (Å²) in [6.45, 7) is 0.336. The van der Waals surface area contributed by atoms with Gasteiger partial charge >= 0.3 is 0 Å². The Labute approximate surface area is 97.8 Å². The molecule has 1 aliphatic heterocycles. The van der Waals surface area contributed by atoms with Gasteiger partial charge in [0.05, 0.1) is 0 Å². The van der Waals surface area contributed by atoms with E-state index in [1.165, 1.54) is 24.3 Å². The Kier molecular flexibility index (Phi) is 3.23. The van der Waals surface area contributed by atoms with Gasteiger partial charge in [0, 0.05) is 25.0 Å². The first-order valence-corrected chi connectivity index (χ1v) is 5.10. The van der Waals surface area contributed by atoms with Gasteiger partial charge in [0.15, 0.2) is 0 Å². The Balaban J connectivity index is 2.14. The standard InChI is InChI=1S/C13H11F2NO/c14-11-6-10(7-12(15)8-11)9-16-4-1-2-13(17)3-5-16/h1-8,17H,9H2. The maximum Gasteiger partial charge on any atom is 0.126 e. The fourth-order valence-electron chi connectivity index (χ4n) is 1.55. The summed E-state index contributed by atoms with van der Waals surface area (Å²) in [7, 11) is 0. The van der Waals surface area contributed by atoms with Crippen molar-refractivity contribution in [1.82, 2.24) is 4.90 Å². The maximum absolute atomic E-state index is 13.0. The van der Waals surface area contributed by atoms with Crippen LogP contribution in [0.25, 0.3) is 0 Å². The van der Waals surface area contributed by atoms with E-state index in [0.717, 1.165) is 6.07 Å². The molecule has 0 amide bonds. The number of hydrogen-bond acceptors (Lipinski definition) is 2. The number of allylic oxidation sites excluding steroid dienone is 3. The first kappa shape index (κ1) is 11.4. The van der Waals surface area contributed by atoms with E-state index in [-0.39, 0.29) is 5.76 Å². The lowest BCUT2D eigenvalue weighted by Crippen LogP contribution is -2.09. The molecule has 0 aliphatic carbocycles. The minimum absolute atomic E-state index is 0.133. The van der Waals surface area contributed by atoms with Crippen LogP contribution in [0.2, 0.25) is 0 Å². The summed E-state index contributed by atoms with van der Waals surface area (Å²) in [6.07, 6.45) is 8.05. The summed E-state index contributed by atoms with van der Waals surface area (Å²) >= 11 is 0. The van der Waals surface area contributed by atoms with Gasteiger partial charge in [-0.3, -0.25) is 0 Å². The van der Waals surface area contributed by atoms with E-state index in [1.54, 1.807) is 23.4 Å². The number of halogens is 2. The summed E-state index contributed by atoms with van der Waals surface area (Å²) in [5, 5.41) is 9.24. The third kappa shape index (κ3) is 3.17. The SMILES string of the molecule is OC1=CC=CN(Cc2cc(F)cc(F)c2)C=C1. The fourth-order valence-corrected chi connectivity index (χ4v) is 1.55. The van der Waals surface area contributed by atoms with Gasteiger partial charge in [-0.2, -0.15) is 0 Å². The second-order valence-corrected chi connectivity index (χ2v) is 3.70. The van der Waals surface area contributed by atoms with Crippen LogP contribution in [0.4, 0.5) is 8.78 Å². The zero-order chi connectivity index (χ0) is 12.3. The van der Waals surface area contributed by atoms with Crippen LogP contribution in [0.3, 0.4) is 0 Å². The molecular formula is C13H11F2NO. The highest BCUT2D eigenvalue weighted by Crippen LogP contribution is 2.12. The number of nitrogens with zero attached hydrogens (tertiary/aromatic N) is 1. The average Bonchev–Trinajstić information content (AvgIpc) is 2.42. The molecule has 88 valence electrons. The first-order valence-electron chi connectivity index (χ1n) is 5.10. The van der Waals surface area contributed by atoms with Gasteiger partial charge in [0.2, 0.25) is 0 Å². The lowest BCUT2D eigenvalue weighted by Gasteiger charge is -2.14. The third-order valence-electron chi connectivity index (χ3n) is 2.27. The van der Waals surface area contributed by atoms with Gasteiger partial charge in [-0.05, 0) is 35.9 Å². The topological polar surface area (TPSA) is 23.5 Å². The van der Waals surface area contributed by atoms with Crippen molar-refractivity contribution < 1.29 is 13.9 Å². The highest BCUT2D eigenvalue weighted by molar-refractivity contribution is 5.23. The number of hydrogen-bond donors (Lipinski definition) is 1. The van der Waals surface area contributed by atoms with E-state index in [2.05, 4.69) is 0 Å². The van der Waals surface area contributed by atoms with Crippen LogP contribution in [0.15, 0.2) is 54.6 Å². The smallest absolute Gasteiger partial charge is 0.126 e. The zero-order valence-electron chi connectivity index (χ0n) is 8.98. The van der Waals surface area contributed by atoms with E-state index in [0.29, 0.717) is 12.1 Å². The van der Waals surface area contributed by atoms with E-state index in [4.69, 9.17) is 0 Å². The molecule has 0 spiro atoms. The number of benzene rings is 1. The van der Waals surface area contributed by atoms with Crippen molar-refractivity contribution in [3.05, 3.63) is 71.8 Å². The molecule has 0 atom stereocenters. The highest BCUT2D eigenvalue weighted by atomic mass is 19.1. The monoisotopic (exact) mass is 235 g/mol. The molecule has 1 aromatic carbocycles. The summed E-state index contributed by atoms with van der Waals surface area (Å²) in [5.41, 5.74) is 0.526. The molecule has 4 heteroatoms. The Bertz CT molecular complexity index is 486. The van der Waals surface area contributed by atoms with Crippen molar-refractivity contribution in [2.45, 2.75) is 6.54 Å². The minimum atomic E-state index is -0.594. The van der Waals surface area contributed by atoms with Crippen LogP contribution in [-0.2, 0) is 6.54 Å². The predicted molar refractivity (Wildman–Crippen MR) is 60.9 cm³/mol. The highest BCUT2D eigenvalue weighted by Gasteiger charge is 2.04. The van der Waals surface area contributed by atoms with Crippen LogP contribution < -0.4 is 0 Å². The van der Waals surface area contributed by atoms with E-state index >= 15 is 0 Å². The van der Waals surface area contributed by atoms with Crippen molar-refractivity contribution in [3.8, 4) is 0 Å². The molecule has 2 rings (SSSR count). The number of aliphatic hydroxyl groups excluding tert-OH is 1. The minimum Gasteiger partial charge on any atom is -0.508 e. The second-order valence-electron chi connectivity index (χ2n) is 3.70. The molecule has 0 aromatic heterocycles. The quantitative estimate of drug-likeness (QED) is 0.850. The number of aliphatic hydroxyl groups is 1. The van der Waals surface area contributed by atoms with Crippen LogP contribution in [-0.4, -0.2) is 10.0 Å². The predicted octanol–water partition coefficient (Wildman–Crippen LogP) is 3.25. The summed E-state index contributed by atoms with van der Waals surface area (Å²) in [4.78, 5) is 1.72. The van der Waals surface area contributed by atoms with Crippen molar-refractivity contribution >= 4 is 0 Å². The molecule has 0 radical (unpaired) electrons. The lowest BCUT2D eigenvalue weighted by molar-refractivity contribution is 0.429. The van der Waals surface area contributed by atoms with Crippen LogP contribution >= 0.6 is 0 Å².